The van der Waals surface area contributed by atoms with Crippen molar-refractivity contribution in [3.05, 3.63) is 48.0 Å². The van der Waals surface area contributed by atoms with Crippen LogP contribution in [0.25, 0.3) is 10.8 Å². The molecule has 1 aliphatic heterocycles. The first-order valence-electron chi connectivity index (χ1n) is 9.09. The summed E-state index contributed by atoms with van der Waals surface area (Å²) in [4.78, 5) is 26.0. The van der Waals surface area contributed by atoms with Crippen molar-refractivity contribution in [2.75, 3.05) is 0 Å². The molecule has 148 valence electrons. The molecule has 1 saturated carbocycles. The van der Waals surface area contributed by atoms with Crippen LogP contribution in [0.3, 0.4) is 0 Å². The Hall–Kier alpha value is -1.49. The molecule has 7 heteroatoms. The van der Waals surface area contributed by atoms with Gasteiger partial charge in [-0.2, -0.15) is 0 Å². The summed E-state index contributed by atoms with van der Waals surface area (Å²) in [6.07, 6.45) is -0.946. The fourth-order valence-corrected chi connectivity index (χ4v) is 5.39. The van der Waals surface area contributed by atoms with Gasteiger partial charge in [-0.15, -0.1) is 0 Å². The number of hydrogen-bond acceptors (Lipinski definition) is 3. The van der Waals surface area contributed by atoms with Crippen molar-refractivity contribution >= 4 is 57.5 Å². The van der Waals surface area contributed by atoms with Gasteiger partial charge in [0.25, 0.3) is 0 Å². The second kappa shape index (κ2) is 6.25. The third-order valence-electron chi connectivity index (χ3n) is 6.35. The zero-order valence-electron chi connectivity index (χ0n) is 15.6. The molecule has 4 rings (SSSR count). The van der Waals surface area contributed by atoms with E-state index in [0.29, 0.717) is 0 Å². The van der Waals surface area contributed by atoms with E-state index in [1.807, 2.05) is 63.2 Å². The van der Waals surface area contributed by atoms with Crippen molar-refractivity contribution in [2.24, 2.45) is 16.7 Å². The normalized spacial score (nSPS) is 29.1. The molecule has 2 fully saturated rings. The molecule has 2 aromatic carbocycles. The minimum atomic E-state index is -1.78. The van der Waals surface area contributed by atoms with Crippen LogP contribution in [0, 0.1) is 16.7 Å². The number of carbonyl (C=O) groups is 2. The van der Waals surface area contributed by atoms with Gasteiger partial charge in [-0.05, 0) is 28.7 Å². The largest absolute Gasteiger partial charge is 0.457 e. The number of esters is 1. The average molecular weight is 441 g/mol. The fraction of sp³-hybridized carbons (Fsp3) is 0.429. The van der Waals surface area contributed by atoms with Crippen molar-refractivity contribution in [1.29, 1.82) is 0 Å². The quantitative estimate of drug-likeness (QED) is 0.417. The molecular weight excluding hydrogens is 421 g/mol. The number of cyclic esters (lactones) is 1. The van der Waals surface area contributed by atoms with Gasteiger partial charge in [0, 0.05) is 5.92 Å². The maximum absolute atomic E-state index is 13.3. The first-order valence-corrected chi connectivity index (χ1v) is 10.2. The summed E-state index contributed by atoms with van der Waals surface area (Å²) in [5.41, 5.74) is -1.01. The van der Waals surface area contributed by atoms with Crippen LogP contribution < -0.4 is 5.32 Å². The number of fused-ring (bicyclic) bond motifs is 2. The van der Waals surface area contributed by atoms with Gasteiger partial charge in [0.1, 0.15) is 0 Å². The van der Waals surface area contributed by atoms with E-state index in [2.05, 4.69) is 5.32 Å². The Balaban J connectivity index is 1.64. The molecule has 1 N–H and O–H groups in total. The molecule has 28 heavy (non-hydrogen) atoms. The predicted molar refractivity (Wildman–Crippen MR) is 110 cm³/mol. The Labute approximate surface area is 178 Å². The summed E-state index contributed by atoms with van der Waals surface area (Å²) in [6.45, 7) is 5.57. The van der Waals surface area contributed by atoms with Crippen LogP contribution in [0.15, 0.2) is 42.5 Å². The summed E-state index contributed by atoms with van der Waals surface area (Å²) in [5, 5.41) is 5.14. The Morgan fingerprint density at radius 2 is 1.79 bits per heavy atom. The van der Waals surface area contributed by atoms with E-state index in [4.69, 9.17) is 39.5 Å². The first kappa shape index (κ1) is 19.8. The average Bonchev–Trinajstić information content (AvgIpc) is 2.94. The van der Waals surface area contributed by atoms with Gasteiger partial charge < -0.3 is 10.1 Å². The van der Waals surface area contributed by atoms with Gasteiger partial charge in [-0.3, -0.25) is 9.59 Å². The first-order chi connectivity index (χ1) is 13.0. The zero-order chi connectivity index (χ0) is 20.5. The van der Waals surface area contributed by atoms with Crippen molar-refractivity contribution in [2.45, 2.75) is 36.7 Å². The summed E-state index contributed by atoms with van der Waals surface area (Å²) in [7, 11) is 0. The monoisotopic (exact) mass is 439 g/mol. The van der Waals surface area contributed by atoms with Crippen LogP contribution in [-0.4, -0.2) is 21.8 Å². The molecule has 2 aliphatic rings. The molecule has 1 amide bonds. The highest BCUT2D eigenvalue weighted by atomic mass is 35.6. The van der Waals surface area contributed by atoms with E-state index in [9.17, 15) is 9.59 Å². The summed E-state index contributed by atoms with van der Waals surface area (Å²) >= 11 is 18.0. The molecular formula is C21H20Cl3NO3. The van der Waals surface area contributed by atoms with E-state index in [1.165, 1.54) is 0 Å². The number of carbonyl (C=O) groups excluding carboxylic acids is 2. The second-order valence-electron chi connectivity index (χ2n) is 8.14. The lowest BCUT2D eigenvalue weighted by atomic mass is 9.93. The lowest BCUT2D eigenvalue weighted by Gasteiger charge is -2.25. The van der Waals surface area contributed by atoms with Gasteiger partial charge in [0.05, 0.1) is 6.04 Å². The van der Waals surface area contributed by atoms with Crippen LogP contribution in [0.1, 0.15) is 32.4 Å². The SMILES string of the molecule is C[C@@H](NC(=O)[C@@]12C(=O)O[C@@H](C(Cl)(Cl)Cl)[C@@H]1C2(C)C)c1cccc2ccccc12. The molecule has 1 heterocycles. The minimum absolute atomic E-state index is 0.301. The van der Waals surface area contributed by atoms with Crippen molar-refractivity contribution in [3.8, 4) is 0 Å². The van der Waals surface area contributed by atoms with E-state index >= 15 is 0 Å². The fourth-order valence-electron chi connectivity index (χ4n) is 4.87. The number of nitrogens with one attached hydrogen (secondary N) is 1. The number of benzene rings is 2. The van der Waals surface area contributed by atoms with Crippen LogP contribution in [0.4, 0.5) is 0 Å². The molecule has 4 nitrogen and oxygen atoms in total. The molecule has 2 aromatic rings. The van der Waals surface area contributed by atoms with E-state index in [0.717, 1.165) is 16.3 Å². The topological polar surface area (TPSA) is 55.4 Å². The molecule has 0 unspecified atom stereocenters. The van der Waals surface area contributed by atoms with Crippen molar-refractivity contribution in [3.63, 3.8) is 0 Å². The Bertz CT molecular complexity index is 979. The predicted octanol–water partition coefficient (Wildman–Crippen LogP) is 4.96. The van der Waals surface area contributed by atoms with Crippen molar-refractivity contribution < 1.29 is 14.3 Å². The highest BCUT2D eigenvalue weighted by molar-refractivity contribution is 6.68. The Kier molecular flexibility index (Phi) is 4.42. The molecule has 0 bridgehead atoms. The highest BCUT2D eigenvalue weighted by Crippen LogP contribution is 2.76. The molecule has 1 aliphatic carbocycles. The van der Waals surface area contributed by atoms with Crippen LogP contribution in [0.2, 0.25) is 0 Å². The summed E-state index contributed by atoms with van der Waals surface area (Å²) in [6, 6.07) is 13.6. The van der Waals surface area contributed by atoms with Gasteiger partial charge in [0.15, 0.2) is 11.5 Å². The number of rotatable bonds is 3. The third-order valence-corrected chi connectivity index (χ3v) is 7.00. The summed E-state index contributed by atoms with van der Waals surface area (Å²) in [5.74, 6) is -1.49. The third kappa shape index (κ3) is 2.58. The van der Waals surface area contributed by atoms with Crippen molar-refractivity contribution in [1.82, 2.24) is 5.32 Å². The standard InChI is InChI=1S/C21H20Cl3NO3/c1-11(13-10-6-8-12-7-4-5-9-14(12)13)25-17(26)20-15(19(20,2)3)16(21(22,23)24)28-18(20)27/h4-11,15-16H,1-3H3,(H,25,26)/t11-,15-,16-,20-/m1/s1. The Morgan fingerprint density at radius 1 is 1.14 bits per heavy atom. The van der Waals surface area contributed by atoms with E-state index in [1.54, 1.807) is 0 Å². The molecule has 1 saturated heterocycles. The summed E-state index contributed by atoms with van der Waals surface area (Å²) < 4.78 is 3.53. The second-order valence-corrected chi connectivity index (χ2v) is 10.5. The molecule has 0 aromatic heterocycles. The maximum atomic E-state index is 13.3. The number of amides is 1. The van der Waals surface area contributed by atoms with Crippen LogP contribution in [0.5, 0.6) is 0 Å². The lowest BCUT2D eigenvalue weighted by molar-refractivity contribution is -0.155. The number of ether oxygens (including phenoxy) is 1. The van der Waals surface area contributed by atoms with Gasteiger partial charge >= 0.3 is 5.97 Å². The van der Waals surface area contributed by atoms with E-state index < -0.39 is 32.6 Å². The van der Waals surface area contributed by atoms with Gasteiger partial charge in [0.2, 0.25) is 9.70 Å². The molecule has 4 atom stereocenters. The maximum Gasteiger partial charge on any atom is 0.323 e. The van der Waals surface area contributed by atoms with Gasteiger partial charge in [-0.1, -0.05) is 91.1 Å². The number of hydrogen-bond donors (Lipinski definition) is 1. The molecule has 0 spiro atoms. The smallest absolute Gasteiger partial charge is 0.323 e. The number of halogens is 3. The number of alkyl halides is 3. The Morgan fingerprint density at radius 3 is 2.43 bits per heavy atom. The van der Waals surface area contributed by atoms with E-state index in [-0.39, 0.29) is 11.9 Å². The van der Waals surface area contributed by atoms with Crippen LogP contribution in [-0.2, 0) is 14.3 Å². The van der Waals surface area contributed by atoms with Gasteiger partial charge in [-0.25, -0.2) is 0 Å². The molecule has 0 radical (unpaired) electrons. The zero-order valence-corrected chi connectivity index (χ0v) is 17.9. The lowest BCUT2D eigenvalue weighted by Crippen LogP contribution is -2.41. The minimum Gasteiger partial charge on any atom is -0.457 e. The highest BCUT2D eigenvalue weighted by Gasteiger charge is 2.88. The van der Waals surface area contributed by atoms with Crippen LogP contribution >= 0.6 is 34.8 Å².